The maximum absolute atomic E-state index is 11.6. The van der Waals surface area contributed by atoms with Crippen LogP contribution in [-0.2, 0) is 16.1 Å². The van der Waals surface area contributed by atoms with Crippen molar-refractivity contribution in [2.75, 3.05) is 19.6 Å². The van der Waals surface area contributed by atoms with E-state index in [2.05, 4.69) is 11.6 Å². The lowest BCUT2D eigenvalue weighted by Crippen LogP contribution is -2.55. The molecule has 1 aromatic rings. The van der Waals surface area contributed by atoms with Gasteiger partial charge in [-0.25, -0.2) is 0 Å². The zero-order chi connectivity index (χ0) is 23.0. The minimum absolute atomic E-state index is 0.00394. The number of hydrogen-bond acceptors (Lipinski definition) is 7. The zero-order valence-corrected chi connectivity index (χ0v) is 18.2. The first-order valence-electron chi connectivity index (χ1n) is 10.6. The van der Waals surface area contributed by atoms with E-state index in [9.17, 15) is 24.9 Å². The minimum Gasteiger partial charge on any atom is -0.512 e. The van der Waals surface area contributed by atoms with Crippen LogP contribution in [0.25, 0.3) is 0 Å². The summed E-state index contributed by atoms with van der Waals surface area (Å²) in [5.74, 6) is -1.42. The molecule has 9 nitrogen and oxygen atoms in total. The van der Waals surface area contributed by atoms with Gasteiger partial charge >= 0.3 is 11.9 Å². The Balaban J connectivity index is 2.29. The van der Waals surface area contributed by atoms with Gasteiger partial charge in [0.25, 0.3) is 0 Å². The molecule has 172 valence electrons. The van der Waals surface area contributed by atoms with Crippen LogP contribution in [0.5, 0.6) is 5.75 Å². The second-order valence-corrected chi connectivity index (χ2v) is 8.23. The molecule has 1 saturated carbocycles. The molecule has 1 heterocycles. The molecule has 1 aliphatic rings. The Labute approximate surface area is 182 Å². The Morgan fingerprint density at radius 2 is 1.68 bits per heavy atom. The summed E-state index contributed by atoms with van der Waals surface area (Å²) < 4.78 is 5.72. The molecule has 0 bridgehead atoms. The number of carbonyl (C=O) groups is 2. The highest BCUT2D eigenvalue weighted by atomic mass is 16.5. The quantitative estimate of drug-likeness (QED) is 0.425. The summed E-state index contributed by atoms with van der Waals surface area (Å²) in [5.41, 5.74) is 0.681. The number of aliphatic hydroxyl groups is 1. The van der Waals surface area contributed by atoms with E-state index in [0.717, 1.165) is 19.3 Å². The number of carboxylic acid groups (broad SMARTS) is 2. The molecule has 1 unspecified atom stereocenters. The van der Waals surface area contributed by atoms with Crippen LogP contribution in [0, 0.1) is 0 Å². The van der Waals surface area contributed by atoms with Gasteiger partial charge in [0.05, 0.1) is 37.2 Å². The average Bonchev–Trinajstić information content (AvgIpc) is 2.65. The first kappa shape index (κ1) is 24.6. The molecule has 3 N–H and O–H groups in total. The van der Waals surface area contributed by atoms with Gasteiger partial charge in [-0.1, -0.05) is 19.4 Å². The number of rotatable bonds is 12. The van der Waals surface area contributed by atoms with E-state index >= 15 is 0 Å². The first-order valence-corrected chi connectivity index (χ1v) is 10.6. The topological polar surface area (TPSA) is 123 Å². The van der Waals surface area contributed by atoms with Gasteiger partial charge in [0, 0.05) is 30.9 Å². The Bertz CT molecular complexity index is 753. The molecule has 0 saturated heterocycles. The predicted octanol–water partition coefficient (Wildman–Crippen LogP) is 2.52. The molecule has 2 rings (SSSR count). The van der Waals surface area contributed by atoms with Gasteiger partial charge in [0.2, 0.25) is 0 Å². The second kappa shape index (κ2) is 11.7. The summed E-state index contributed by atoms with van der Waals surface area (Å²) >= 11 is 0. The molecule has 31 heavy (non-hydrogen) atoms. The van der Waals surface area contributed by atoms with Gasteiger partial charge in [-0.2, -0.15) is 0 Å². The molecule has 0 aromatic carbocycles. The van der Waals surface area contributed by atoms with E-state index < -0.39 is 11.9 Å². The molecule has 1 fully saturated rings. The van der Waals surface area contributed by atoms with Crippen molar-refractivity contribution in [2.45, 2.75) is 64.3 Å². The molecular formula is C22H33N3O6. The highest BCUT2D eigenvalue weighted by Gasteiger charge is 2.36. The zero-order valence-electron chi connectivity index (χ0n) is 18.2. The van der Waals surface area contributed by atoms with Gasteiger partial charge in [-0.3, -0.25) is 24.4 Å². The summed E-state index contributed by atoms with van der Waals surface area (Å²) in [7, 11) is 0. The normalized spacial score (nSPS) is 19.0. The van der Waals surface area contributed by atoms with Crippen molar-refractivity contribution in [1.29, 1.82) is 0 Å². The number of pyridine rings is 1. The summed E-state index contributed by atoms with van der Waals surface area (Å²) in [6.45, 7) is 7.24. The molecule has 0 radical (unpaired) electrons. The lowest BCUT2D eigenvalue weighted by molar-refractivity contribution is -0.142. The monoisotopic (exact) mass is 435 g/mol. The molecular weight excluding hydrogens is 402 g/mol. The summed E-state index contributed by atoms with van der Waals surface area (Å²) in [6.07, 6.45) is 4.91. The van der Waals surface area contributed by atoms with Crippen LogP contribution in [0.2, 0.25) is 0 Å². The number of carboxylic acids is 2. The predicted molar refractivity (Wildman–Crippen MR) is 115 cm³/mol. The van der Waals surface area contributed by atoms with Gasteiger partial charge in [-0.05, 0) is 32.8 Å². The second-order valence-electron chi connectivity index (χ2n) is 8.23. The maximum atomic E-state index is 11.6. The summed E-state index contributed by atoms with van der Waals surface area (Å²) in [6, 6.07) is 3.15. The standard InChI is InChI=1S/C22H33N3O6/c1-15(2)31-18-8-9-23-17(10-18)12-25(14-22(29)30)20-7-5-4-6-19(20)24(11-16(3)26)13-21(27)28/h8-10,15,19-20,26H,3-7,11-14H2,1-2H3,(H,27,28)(H,29,30)/t19?,20-/m0/s1. The van der Waals surface area contributed by atoms with Crippen molar-refractivity contribution in [2.24, 2.45) is 0 Å². The summed E-state index contributed by atoms with van der Waals surface area (Å²) in [4.78, 5) is 30.9. The third-order valence-electron chi connectivity index (χ3n) is 5.22. The van der Waals surface area contributed by atoms with Crippen LogP contribution in [-0.4, -0.2) is 79.9 Å². The molecule has 0 spiro atoms. The third kappa shape index (κ3) is 8.18. The van der Waals surface area contributed by atoms with E-state index in [1.54, 1.807) is 23.2 Å². The smallest absolute Gasteiger partial charge is 0.317 e. The first-order chi connectivity index (χ1) is 14.7. The van der Waals surface area contributed by atoms with Crippen molar-refractivity contribution in [3.05, 3.63) is 36.4 Å². The van der Waals surface area contributed by atoms with Gasteiger partial charge in [0.1, 0.15) is 5.75 Å². The fourth-order valence-electron chi connectivity index (χ4n) is 4.20. The SMILES string of the molecule is C=C(O)CN(CC(=O)O)C1CCCC[C@@H]1N(CC(=O)O)Cc1cc(OC(C)C)ccn1. The highest BCUT2D eigenvalue weighted by molar-refractivity contribution is 5.69. The Morgan fingerprint density at radius 3 is 2.23 bits per heavy atom. The van der Waals surface area contributed by atoms with E-state index in [0.29, 0.717) is 24.4 Å². The van der Waals surface area contributed by atoms with Crippen LogP contribution >= 0.6 is 0 Å². The Hall–Kier alpha value is -2.65. The highest BCUT2D eigenvalue weighted by Crippen LogP contribution is 2.29. The minimum atomic E-state index is -1.00. The fourth-order valence-corrected chi connectivity index (χ4v) is 4.20. The van der Waals surface area contributed by atoms with Crippen molar-refractivity contribution in [3.63, 3.8) is 0 Å². The van der Waals surface area contributed by atoms with E-state index in [1.807, 2.05) is 18.7 Å². The molecule has 9 heteroatoms. The maximum Gasteiger partial charge on any atom is 0.317 e. The van der Waals surface area contributed by atoms with Crippen molar-refractivity contribution in [1.82, 2.24) is 14.8 Å². The van der Waals surface area contributed by atoms with Crippen LogP contribution in [0.3, 0.4) is 0 Å². The van der Waals surface area contributed by atoms with Crippen molar-refractivity contribution in [3.8, 4) is 5.75 Å². The van der Waals surface area contributed by atoms with Crippen LogP contribution < -0.4 is 4.74 Å². The average molecular weight is 436 g/mol. The largest absolute Gasteiger partial charge is 0.512 e. The Morgan fingerprint density at radius 1 is 1.10 bits per heavy atom. The molecule has 1 aliphatic carbocycles. The lowest BCUT2D eigenvalue weighted by atomic mass is 9.87. The molecule has 2 atom stereocenters. The van der Waals surface area contributed by atoms with Crippen LogP contribution in [0.4, 0.5) is 0 Å². The van der Waals surface area contributed by atoms with Gasteiger partial charge < -0.3 is 20.1 Å². The number of aromatic nitrogens is 1. The van der Waals surface area contributed by atoms with Crippen LogP contribution in [0.1, 0.15) is 45.2 Å². The number of ether oxygens (including phenoxy) is 1. The number of aliphatic carboxylic acids is 2. The van der Waals surface area contributed by atoms with Gasteiger partial charge in [-0.15, -0.1) is 0 Å². The number of nitrogens with zero attached hydrogens (tertiary/aromatic N) is 3. The summed E-state index contributed by atoms with van der Waals surface area (Å²) in [5, 5.41) is 28.6. The Kier molecular flexibility index (Phi) is 9.26. The molecule has 1 aromatic heterocycles. The number of hydrogen-bond donors (Lipinski definition) is 3. The third-order valence-corrected chi connectivity index (χ3v) is 5.22. The lowest BCUT2D eigenvalue weighted by Gasteiger charge is -2.44. The fraction of sp³-hybridized carbons (Fsp3) is 0.591. The van der Waals surface area contributed by atoms with Crippen molar-refractivity contribution >= 4 is 11.9 Å². The van der Waals surface area contributed by atoms with E-state index in [1.165, 1.54) is 0 Å². The van der Waals surface area contributed by atoms with Crippen molar-refractivity contribution < 1.29 is 29.6 Å². The number of aliphatic hydroxyl groups excluding tert-OH is 1. The van der Waals surface area contributed by atoms with E-state index in [-0.39, 0.29) is 43.6 Å². The molecule has 0 amide bonds. The van der Waals surface area contributed by atoms with Gasteiger partial charge in [0.15, 0.2) is 0 Å². The van der Waals surface area contributed by atoms with E-state index in [4.69, 9.17) is 4.74 Å². The molecule has 0 aliphatic heterocycles. The van der Waals surface area contributed by atoms with Crippen LogP contribution in [0.15, 0.2) is 30.7 Å².